The summed E-state index contributed by atoms with van der Waals surface area (Å²) < 4.78 is 14.8. The summed E-state index contributed by atoms with van der Waals surface area (Å²) in [7, 11) is -4.31. The molecule has 0 amide bonds. The van der Waals surface area contributed by atoms with E-state index in [1.54, 1.807) is 0 Å². The molecule has 1 aromatic rings. The normalized spacial score (nSPS) is 15.7. The van der Waals surface area contributed by atoms with Gasteiger partial charge in [0.25, 0.3) is 0 Å². The van der Waals surface area contributed by atoms with Crippen molar-refractivity contribution in [2.45, 2.75) is 19.6 Å². The van der Waals surface area contributed by atoms with Crippen molar-refractivity contribution in [2.24, 2.45) is 5.50 Å². The number of hydrogen-bond acceptors (Lipinski definition) is 5. The fourth-order valence-electron chi connectivity index (χ4n) is 1.08. The molecule has 1 rings (SSSR count). The Morgan fingerprint density at radius 1 is 1.50 bits per heavy atom. The zero-order valence-corrected chi connectivity index (χ0v) is 10.7. The molecule has 0 fully saturated rings. The van der Waals surface area contributed by atoms with Crippen molar-refractivity contribution in [3.05, 3.63) is 35.9 Å². The van der Waals surface area contributed by atoms with Gasteiger partial charge in [0.2, 0.25) is 0 Å². The minimum absolute atomic E-state index is 0.248. The summed E-state index contributed by atoms with van der Waals surface area (Å²) >= 11 is 0. The van der Waals surface area contributed by atoms with Gasteiger partial charge in [-0.3, -0.25) is 4.84 Å². The molecule has 100 valence electrons. The Hall–Kier alpha value is -1.24. The van der Waals surface area contributed by atoms with Crippen molar-refractivity contribution in [2.75, 3.05) is 0 Å². The van der Waals surface area contributed by atoms with E-state index in [-0.39, 0.29) is 6.61 Å². The number of nitrogens with one attached hydrogen (secondary N) is 1. The first kappa shape index (κ1) is 14.8. The van der Waals surface area contributed by atoms with Crippen molar-refractivity contribution in [3.63, 3.8) is 0 Å². The van der Waals surface area contributed by atoms with Gasteiger partial charge in [-0.1, -0.05) is 30.3 Å². The minimum Gasteiger partial charge on any atom is -0.379 e. The van der Waals surface area contributed by atoms with Crippen LogP contribution in [-0.2, 0) is 25.3 Å². The van der Waals surface area contributed by atoms with Crippen LogP contribution in [0.3, 0.4) is 0 Å². The van der Waals surface area contributed by atoms with Gasteiger partial charge in [-0.15, -0.1) is 0 Å². The Bertz CT molecular complexity index is 433. The molecule has 0 spiro atoms. The molecule has 0 saturated heterocycles. The largest absolute Gasteiger partial charge is 0.455 e. The van der Waals surface area contributed by atoms with Gasteiger partial charge in [0.1, 0.15) is 6.04 Å². The Labute approximate surface area is 104 Å². The summed E-state index contributed by atoms with van der Waals surface area (Å²) in [6, 6.07) is 8.38. The molecule has 0 saturated carbocycles. The summed E-state index contributed by atoms with van der Waals surface area (Å²) in [5.74, 6) is -0.962. The third-order valence-electron chi connectivity index (χ3n) is 1.92. The van der Waals surface area contributed by atoms with Gasteiger partial charge in [0.15, 0.2) is 0 Å². The Kier molecular flexibility index (Phi) is 5.46. The number of benzene rings is 1. The molecule has 0 heterocycles. The lowest BCUT2D eigenvalue weighted by Gasteiger charge is -2.13. The highest BCUT2D eigenvalue weighted by molar-refractivity contribution is 7.50. The number of rotatable bonds is 6. The second kappa shape index (κ2) is 6.63. The summed E-state index contributed by atoms with van der Waals surface area (Å²) in [6.07, 6.45) is 0. The van der Waals surface area contributed by atoms with Crippen LogP contribution in [0.25, 0.3) is 0 Å². The first-order valence-corrected chi connectivity index (χ1v) is 6.79. The van der Waals surface area contributed by atoms with E-state index in [1.807, 2.05) is 30.3 Å². The maximum Gasteiger partial charge on any atom is 0.455 e. The number of carbonyl (C=O) groups is 1. The quantitative estimate of drug-likeness (QED) is 0.517. The summed E-state index contributed by atoms with van der Waals surface area (Å²) in [5.41, 5.74) is 8.00. The summed E-state index contributed by atoms with van der Waals surface area (Å²) in [4.78, 5) is 24.9. The predicted octanol–water partition coefficient (Wildman–Crippen LogP) is 0.699. The van der Waals surface area contributed by atoms with Crippen molar-refractivity contribution in [1.82, 2.24) is 5.48 Å². The molecule has 0 bridgehead atoms. The fraction of sp³-hybridized carbons (Fsp3) is 0.300. The van der Waals surface area contributed by atoms with Gasteiger partial charge >= 0.3 is 13.7 Å². The second-order valence-corrected chi connectivity index (χ2v) is 4.90. The molecule has 2 atom stereocenters. The average molecular weight is 274 g/mol. The predicted molar refractivity (Wildman–Crippen MR) is 63.9 cm³/mol. The monoisotopic (exact) mass is 274 g/mol. The van der Waals surface area contributed by atoms with Crippen LogP contribution in [0.2, 0.25) is 0 Å². The van der Waals surface area contributed by atoms with Crippen molar-refractivity contribution < 1.29 is 23.6 Å². The maximum absolute atomic E-state index is 11.2. The van der Waals surface area contributed by atoms with E-state index in [2.05, 4.69) is 10.0 Å². The lowest BCUT2D eigenvalue weighted by atomic mass is 10.2. The standard InChI is InChI=1S/C10H15N2O5P/c1-8(10(13)17-18(11,14)15)12-16-7-9-5-3-2-4-6-9/h2-6,8,12H,7H2,1H3,(H3,11,14,15)/t8-/m1/s1. The van der Waals surface area contributed by atoms with Crippen LogP contribution >= 0.6 is 7.75 Å². The molecule has 0 aliphatic carbocycles. The highest BCUT2D eigenvalue weighted by Crippen LogP contribution is 2.31. The lowest BCUT2D eigenvalue weighted by molar-refractivity contribution is -0.141. The molecule has 18 heavy (non-hydrogen) atoms. The third kappa shape index (κ3) is 5.90. The molecule has 1 aromatic carbocycles. The summed E-state index contributed by atoms with van der Waals surface area (Å²) in [6.45, 7) is 1.67. The van der Waals surface area contributed by atoms with Gasteiger partial charge < -0.3 is 9.42 Å². The average Bonchev–Trinajstić information content (AvgIpc) is 2.28. The number of carbonyl (C=O) groups excluding carboxylic acids is 1. The Balaban J connectivity index is 2.31. The van der Waals surface area contributed by atoms with Crippen LogP contribution in [0.1, 0.15) is 12.5 Å². The maximum atomic E-state index is 11.2. The van der Waals surface area contributed by atoms with Crippen molar-refractivity contribution in [3.8, 4) is 0 Å². The van der Waals surface area contributed by atoms with E-state index in [9.17, 15) is 9.36 Å². The SMILES string of the molecule is C[C@@H](NOCc1ccccc1)C(=O)OP(N)(=O)O. The molecule has 0 aromatic heterocycles. The molecule has 0 aliphatic heterocycles. The van der Waals surface area contributed by atoms with E-state index in [1.165, 1.54) is 6.92 Å². The van der Waals surface area contributed by atoms with Crippen LogP contribution < -0.4 is 11.0 Å². The van der Waals surface area contributed by atoms with Gasteiger partial charge in [0.05, 0.1) is 6.61 Å². The van der Waals surface area contributed by atoms with Crippen LogP contribution in [-0.4, -0.2) is 16.9 Å². The van der Waals surface area contributed by atoms with Crippen LogP contribution in [0.5, 0.6) is 0 Å². The Morgan fingerprint density at radius 2 is 2.11 bits per heavy atom. The van der Waals surface area contributed by atoms with E-state index >= 15 is 0 Å². The summed E-state index contributed by atoms with van der Waals surface area (Å²) in [5, 5.41) is 0. The van der Waals surface area contributed by atoms with E-state index < -0.39 is 19.8 Å². The molecule has 1 unspecified atom stereocenters. The van der Waals surface area contributed by atoms with Crippen LogP contribution in [0.4, 0.5) is 0 Å². The molecular weight excluding hydrogens is 259 g/mol. The van der Waals surface area contributed by atoms with Crippen LogP contribution in [0, 0.1) is 0 Å². The van der Waals surface area contributed by atoms with Gasteiger partial charge in [-0.25, -0.2) is 14.9 Å². The minimum atomic E-state index is -4.31. The highest BCUT2D eigenvalue weighted by atomic mass is 31.2. The Morgan fingerprint density at radius 3 is 2.67 bits per heavy atom. The molecule has 8 heteroatoms. The van der Waals surface area contributed by atoms with E-state index in [0.29, 0.717) is 0 Å². The van der Waals surface area contributed by atoms with Crippen LogP contribution in [0.15, 0.2) is 30.3 Å². The van der Waals surface area contributed by atoms with Crippen molar-refractivity contribution >= 4 is 13.7 Å². The van der Waals surface area contributed by atoms with Gasteiger partial charge in [-0.2, -0.15) is 5.48 Å². The second-order valence-electron chi connectivity index (χ2n) is 3.59. The molecule has 4 N–H and O–H groups in total. The van der Waals surface area contributed by atoms with E-state index in [4.69, 9.17) is 15.2 Å². The fourth-order valence-corrected chi connectivity index (χ4v) is 1.50. The first-order valence-electron chi connectivity index (χ1n) is 5.14. The van der Waals surface area contributed by atoms with E-state index in [0.717, 1.165) is 5.56 Å². The zero-order valence-electron chi connectivity index (χ0n) is 9.78. The smallest absolute Gasteiger partial charge is 0.379 e. The lowest BCUT2D eigenvalue weighted by Crippen LogP contribution is -2.35. The number of nitrogens with two attached hydrogens (primary N) is 1. The number of hydroxylamine groups is 1. The molecule has 7 nitrogen and oxygen atoms in total. The topological polar surface area (TPSA) is 111 Å². The van der Waals surface area contributed by atoms with Gasteiger partial charge in [-0.05, 0) is 12.5 Å². The zero-order chi connectivity index (χ0) is 13.6. The number of hydrogen-bond donors (Lipinski definition) is 3. The highest BCUT2D eigenvalue weighted by Gasteiger charge is 2.23. The third-order valence-corrected chi connectivity index (χ3v) is 2.36. The molecular formula is C10H15N2O5P. The first-order chi connectivity index (χ1) is 8.38. The molecule has 0 radical (unpaired) electrons. The van der Waals surface area contributed by atoms with Crippen molar-refractivity contribution in [1.29, 1.82) is 0 Å². The van der Waals surface area contributed by atoms with Gasteiger partial charge in [0, 0.05) is 0 Å². The molecule has 0 aliphatic rings.